The Labute approximate surface area is 80.0 Å². The number of aromatic nitrogens is 1. The average molecular weight is 188 g/mol. The summed E-state index contributed by atoms with van der Waals surface area (Å²) in [6, 6.07) is 6.68. The van der Waals surface area contributed by atoms with Gasteiger partial charge < -0.3 is 10.8 Å². The highest BCUT2D eigenvalue weighted by Crippen LogP contribution is 2.18. The Bertz CT molecular complexity index is 508. The number of rotatable bonds is 1. The highest BCUT2D eigenvalue weighted by atomic mass is 16.4. The minimum Gasteiger partial charge on any atom is -0.478 e. The molecule has 1 aromatic carbocycles. The Morgan fingerprint density at radius 3 is 2.93 bits per heavy atom. The molecule has 14 heavy (non-hydrogen) atoms. The molecular weight excluding hydrogens is 180 g/mol. The number of carboxylic acids is 1. The quantitative estimate of drug-likeness (QED) is 0.711. The molecule has 70 valence electrons. The summed E-state index contributed by atoms with van der Waals surface area (Å²) < 4.78 is 0. The standard InChI is InChI=1S/C10H8N2O2/c11-7-4-6-2-1-3-8(10(13)14)9(6)12-5-7/h1-5H,11H2,(H,13,14). The Hall–Kier alpha value is -2.10. The van der Waals surface area contributed by atoms with E-state index < -0.39 is 5.97 Å². The van der Waals surface area contributed by atoms with E-state index in [1.807, 2.05) is 0 Å². The van der Waals surface area contributed by atoms with Gasteiger partial charge in [0.15, 0.2) is 0 Å². The van der Waals surface area contributed by atoms with Crippen molar-refractivity contribution < 1.29 is 9.90 Å². The number of anilines is 1. The predicted molar refractivity (Wildman–Crippen MR) is 53.1 cm³/mol. The number of benzene rings is 1. The molecule has 0 fully saturated rings. The second kappa shape index (κ2) is 2.99. The van der Waals surface area contributed by atoms with E-state index in [0.717, 1.165) is 5.39 Å². The molecule has 4 heteroatoms. The monoisotopic (exact) mass is 188 g/mol. The third kappa shape index (κ3) is 1.26. The van der Waals surface area contributed by atoms with Gasteiger partial charge in [0.05, 0.1) is 23.0 Å². The van der Waals surface area contributed by atoms with Crippen molar-refractivity contribution in [3.05, 3.63) is 36.0 Å². The molecule has 1 heterocycles. The number of nitrogens with two attached hydrogens (primary N) is 1. The lowest BCUT2D eigenvalue weighted by Gasteiger charge is -2.01. The van der Waals surface area contributed by atoms with E-state index in [0.29, 0.717) is 11.2 Å². The van der Waals surface area contributed by atoms with Gasteiger partial charge in [0.25, 0.3) is 0 Å². The van der Waals surface area contributed by atoms with Crippen LogP contribution in [-0.2, 0) is 0 Å². The second-order valence-corrected chi connectivity index (χ2v) is 2.95. The molecule has 0 saturated carbocycles. The second-order valence-electron chi connectivity index (χ2n) is 2.95. The van der Waals surface area contributed by atoms with Crippen molar-refractivity contribution in [2.24, 2.45) is 0 Å². The van der Waals surface area contributed by atoms with E-state index in [-0.39, 0.29) is 5.56 Å². The number of carboxylic acid groups (broad SMARTS) is 1. The van der Waals surface area contributed by atoms with Crippen LogP contribution < -0.4 is 5.73 Å². The van der Waals surface area contributed by atoms with Gasteiger partial charge in [0.1, 0.15) is 0 Å². The van der Waals surface area contributed by atoms with Gasteiger partial charge in [-0.05, 0) is 12.1 Å². The first-order valence-electron chi connectivity index (χ1n) is 4.06. The molecule has 0 spiro atoms. The topological polar surface area (TPSA) is 76.2 Å². The first-order valence-corrected chi connectivity index (χ1v) is 4.06. The summed E-state index contributed by atoms with van der Waals surface area (Å²) in [6.45, 7) is 0. The lowest BCUT2D eigenvalue weighted by Crippen LogP contribution is -1.99. The van der Waals surface area contributed by atoms with E-state index in [9.17, 15) is 4.79 Å². The van der Waals surface area contributed by atoms with Gasteiger partial charge >= 0.3 is 5.97 Å². The summed E-state index contributed by atoms with van der Waals surface area (Å²) in [5.41, 5.74) is 6.73. The molecule has 4 nitrogen and oxygen atoms in total. The lowest BCUT2D eigenvalue weighted by atomic mass is 10.1. The number of hydrogen-bond acceptors (Lipinski definition) is 3. The smallest absolute Gasteiger partial charge is 0.337 e. The minimum absolute atomic E-state index is 0.197. The van der Waals surface area contributed by atoms with Gasteiger partial charge in [-0.15, -0.1) is 0 Å². The Morgan fingerprint density at radius 1 is 1.43 bits per heavy atom. The normalized spacial score (nSPS) is 10.3. The zero-order valence-electron chi connectivity index (χ0n) is 7.27. The molecule has 2 aromatic rings. The summed E-state index contributed by atoms with van der Waals surface area (Å²) in [5, 5.41) is 9.62. The summed E-state index contributed by atoms with van der Waals surface area (Å²) in [6.07, 6.45) is 1.45. The van der Waals surface area contributed by atoms with Crippen molar-refractivity contribution in [1.29, 1.82) is 0 Å². The van der Waals surface area contributed by atoms with Gasteiger partial charge in [-0.25, -0.2) is 4.79 Å². The highest BCUT2D eigenvalue weighted by molar-refractivity contribution is 6.02. The first kappa shape index (κ1) is 8.50. The number of pyridine rings is 1. The van der Waals surface area contributed by atoms with Crippen molar-refractivity contribution in [1.82, 2.24) is 4.98 Å². The van der Waals surface area contributed by atoms with Crippen LogP contribution in [0.5, 0.6) is 0 Å². The fourth-order valence-corrected chi connectivity index (χ4v) is 1.35. The van der Waals surface area contributed by atoms with Crippen molar-refractivity contribution >= 4 is 22.6 Å². The SMILES string of the molecule is Nc1cnc2c(C(=O)O)cccc2c1. The maximum Gasteiger partial charge on any atom is 0.337 e. The van der Waals surface area contributed by atoms with E-state index in [2.05, 4.69) is 4.98 Å². The maximum absolute atomic E-state index is 10.8. The molecule has 0 atom stereocenters. The van der Waals surface area contributed by atoms with Crippen molar-refractivity contribution in [2.45, 2.75) is 0 Å². The molecule has 0 saturated heterocycles. The molecule has 2 rings (SSSR count). The van der Waals surface area contributed by atoms with Crippen LogP contribution in [0.2, 0.25) is 0 Å². The minimum atomic E-state index is -0.979. The van der Waals surface area contributed by atoms with Gasteiger partial charge in [-0.3, -0.25) is 4.98 Å². The Balaban J connectivity index is 2.81. The highest BCUT2D eigenvalue weighted by Gasteiger charge is 2.08. The molecule has 0 aliphatic carbocycles. The molecule has 1 aromatic heterocycles. The molecule has 0 unspecified atom stereocenters. The van der Waals surface area contributed by atoms with Crippen molar-refractivity contribution in [3.63, 3.8) is 0 Å². The fourth-order valence-electron chi connectivity index (χ4n) is 1.35. The van der Waals surface area contributed by atoms with Crippen LogP contribution in [0.15, 0.2) is 30.5 Å². The summed E-state index contributed by atoms with van der Waals surface area (Å²) in [4.78, 5) is 14.8. The van der Waals surface area contributed by atoms with Gasteiger partial charge in [0, 0.05) is 5.39 Å². The largest absolute Gasteiger partial charge is 0.478 e. The van der Waals surface area contributed by atoms with E-state index >= 15 is 0 Å². The average Bonchev–Trinajstić information content (AvgIpc) is 2.16. The Morgan fingerprint density at radius 2 is 2.21 bits per heavy atom. The number of nitrogens with zero attached hydrogens (tertiary/aromatic N) is 1. The van der Waals surface area contributed by atoms with Gasteiger partial charge in [-0.1, -0.05) is 12.1 Å². The van der Waals surface area contributed by atoms with Crippen LogP contribution in [0, 0.1) is 0 Å². The molecule has 0 radical (unpaired) electrons. The maximum atomic E-state index is 10.8. The van der Waals surface area contributed by atoms with E-state index in [1.54, 1.807) is 18.2 Å². The van der Waals surface area contributed by atoms with Crippen LogP contribution in [0.25, 0.3) is 10.9 Å². The molecule has 3 N–H and O–H groups in total. The third-order valence-electron chi connectivity index (χ3n) is 1.96. The van der Waals surface area contributed by atoms with Crippen LogP contribution in [0.4, 0.5) is 5.69 Å². The zero-order valence-corrected chi connectivity index (χ0v) is 7.27. The number of fused-ring (bicyclic) bond motifs is 1. The molecule has 0 amide bonds. The molecule has 0 aliphatic heterocycles. The predicted octanol–water partition coefficient (Wildman–Crippen LogP) is 1.52. The number of carbonyl (C=O) groups is 1. The zero-order chi connectivity index (χ0) is 10.1. The number of hydrogen-bond donors (Lipinski definition) is 2. The number of nitrogen functional groups attached to an aromatic ring is 1. The van der Waals surface area contributed by atoms with E-state index in [1.165, 1.54) is 12.3 Å². The van der Waals surface area contributed by atoms with Gasteiger partial charge in [0.2, 0.25) is 0 Å². The summed E-state index contributed by atoms with van der Waals surface area (Å²) in [5.74, 6) is -0.979. The summed E-state index contributed by atoms with van der Waals surface area (Å²) >= 11 is 0. The van der Waals surface area contributed by atoms with Gasteiger partial charge in [-0.2, -0.15) is 0 Å². The third-order valence-corrected chi connectivity index (χ3v) is 1.96. The van der Waals surface area contributed by atoms with Crippen LogP contribution >= 0.6 is 0 Å². The van der Waals surface area contributed by atoms with E-state index in [4.69, 9.17) is 10.8 Å². The lowest BCUT2D eigenvalue weighted by molar-refractivity contribution is 0.0699. The fraction of sp³-hybridized carbons (Fsp3) is 0. The number of para-hydroxylation sites is 1. The van der Waals surface area contributed by atoms with Crippen LogP contribution in [0.1, 0.15) is 10.4 Å². The molecule has 0 aliphatic rings. The Kier molecular flexibility index (Phi) is 1.81. The summed E-state index contributed by atoms with van der Waals surface area (Å²) in [7, 11) is 0. The number of aromatic carboxylic acids is 1. The van der Waals surface area contributed by atoms with Crippen molar-refractivity contribution in [2.75, 3.05) is 5.73 Å². The molecular formula is C10H8N2O2. The first-order chi connectivity index (χ1) is 6.68. The van der Waals surface area contributed by atoms with Crippen molar-refractivity contribution in [3.8, 4) is 0 Å². The van der Waals surface area contributed by atoms with Crippen LogP contribution in [0.3, 0.4) is 0 Å². The van der Waals surface area contributed by atoms with Crippen LogP contribution in [-0.4, -0.2) is 16.1 Å². The molecule has 0 bridgehead atoms.